The lowest BCUT2D eigenvalue weighted by Crippen LogP contribution is -2.25. The molecule has 0 unspecified atom stereocenters. The molecule has 0 bridgehead atoms. The van der Waals surface area contributed by atoms with Crippen molar-refractivity contribution in [2.45, 2.75) is 46.2 Å². The predicted molar refractivity (Wildman–Crippen MR) is 80.3 cm³/mol. The Morgan fingerprint density at radius 2 is 1.95 bits per heavy atom. The van der Waals surface area contributed by atoms with Gasteiger partial charge in [-0.2, -0.15) is 13.2 Å². The minimum absolute atomic E-state index is 0.122. The predicted octanol–water partition coefficient (Wildman–Crippen LogP) is 5.64. The molecular weight excluding hydrogens is 275 g/mol. The van der Waals surface area contributed by atoms with Crippen molar-refractivity contribution in [1.82, 2.24) is 0 Å². The molecule has 0 saturated carbocycles. The number of hydrogen-bond acceptors (Lipinski definition) is 1. The van der Waals surface area contributed by atoms with Gasteiger partial charge in [-0.15, -0.1) is 0 Å². The van der Waals surface area contributed by atoms with E-state index in [9.17, 15) is 13.2 Å². The fourth-order valence-corrected chi connectivity index (χ4v) is 3.06. The molecule has 1 aromatic carbocycles. The van der Waals surface area contributed by atoms with E-state index in [0.717, 1.165) is 18.9 Å². The highest BCUT2D eigenvalue weighted by Gasteiger charge is 2.31. The Labute approximate surface area is 124 Å². The smallest absolute Gasteiger partial charge is 0.381 e. The molecule has 116 valence electrons. The van der Waals surface area contributed by atoms with Gasteiger partial charge in [-0.25, -0.2) is 0 Å². The van der Waals surface area contributed by atoms with Crippen molar-refractivity contribution in [2.24, 2.45) is 5.41 Å². The van der Waals surface area contributed by atoms with Crippen LogP contribution in [0, 0.1) is 5.41 Å². The normalized spacial score (nSPS) is 18.8. The fraction of sp³-hybridized carbons (Fsp3) is 0.529. The van der Waals surface area contributed by atoms with Gasteiger partial charge in [0.05, 0.1) is 5.56 Å². The maximum Gasteiger partial charge on any atom is 0.416 e. The topological polar surface area (TPSA) is 12.0 Å². The van der Waals surface area contributed by atoms with Crippen LogP contribution in [-0.4, -0.2) is 6.54 Å². The molecule has 0 spiro atoms. The highest BCUT2D eigenvalue weighted by Crippen LogP contribution is 2.40. The van der Waals surface area contributed by atoms with Crippen LogP contribution in [0.5, 0.6) is 0 Å². The second-order valence-corrected chi connectivity index (χ2v) is 6.43. The lowest BCUT2D eigenvalue weighted by atomic mass is 9.73. The van der Waals surface area contributed by atoms with Gasteiger partial charge in [-0.3, -0.25) is 0 Å². The van der Waals surface area contributed by atoms with Crippen LogP contribution in [0.3, 0.4) is 0 Å². The van der Waals surface area contributed by atoms with E-state index < -0.39 is 11.7 Å². The van der Waals surface area contributed by atoms with E-state index >= 15 is 0 Å². The Balaban J connectivity index is 2.13. The summed E-state index contributed by atoms with van der Waals surface area (Å²) < 4.78 is 38.1. The van der Waals surface area contributed by atoms with Crippen molar-refractivity contribution in [3.05, 3.63) is 41.0 Å². The Bertz CT molecular complexity index is 541. The van der Waals surface area contributed by atoms with Gasteiger partial charge >= 0.3 is 6.18 Å². The highest BCUT2D eigenvalue weighted by atomic mass is 19.4. The first-order valence-corrected chi connectivity index (χ1v) is 7.30. The molecule has 1 aliphatic rings. The molecule has 2 rings (SSSR count). The first-order chi connectivity index (χ1) is 9.70. The first-order valence-electron chi connectivity index (χ1n) is 7.30. The van der Waals surface area contributed by atoms with Crippen molar-refractivity contribution in [2.75, 3.05) is 11.9 Å². The van der Waals surface area contributed by atoms with Crippen LogP contribution >= 0.6 is 0 Å². The minimum Gasteiger partial charge on any atom is -0.381 e. The largest absolute Gasteiger partial charge is 0.416 e. The number of allylic oxidation sites excluding steroid dienone is 1. The number of hydrogen-bond donors (Lipinski definition) is 1. The van der Waals surface area contributed by atoms with Gasteiger partial charge in [-0.1, -0.05) is 25.5 Å². The van der Waals surface area contributed by atoms with E-state index in [1.54, 1.807) is 6.07 Å². The highest BCUT2D eigenvalue weighted by molar-refractivity contribution is 5.48. The SMILES string of the molecule is CC1=C(CNc2cccc(C(F)(F)F)c2)C(C)(C)CCC1. The summed E-state index contributed by atoms with van der Waals surface area (Å²) >= 11 is 0. The Hall–Kier alpha value is -1.45. The molecule has 1 nitrogen and oxygen atoms in total. The molecule has 1 aromatic rings. The summed E-state index contributed by atoms with van der Waals surface area (Å²) in [6, 6.07) is 5.39. The van der Waals surface area contributed by atoms with Crippen LogP contribution < -0.4 is 5.32 Å². The minimum atomic E-state index is -4.29. The van der Waals surface area contributed by atoms with Crippen molar-refractivity contribution >= 4 is 5.69 Å². The average Bonchev–Trinajstić information content (AvgIpc) is 2.36. The molecule has 0 fully saturated rings. The summed E-state index contributed by atoms with van der Waals surface area (Å²) in [6.45, 7) is 7.15. The number of nitrogens with one attached hydrogen (secondary N) is 1. The molecule has 21 heavy (non-hydrogen) atoms. The quantitative estimate of drug-likeness (QED) is 0.711. The zero-order valence-electron chi connectivity index (χ0n) is 12.8. The second kappa shape index (κ2) is 5.74. The summed E-state index contributed by atoms with van der Waals surface area (Å²) in [5.74, 6) is 0. The molecule has 4 heteroatoms. The Morgan fingerprint density at radius 3 is 2.57 bits per heavy atom. The van der Waals surface area contributed by atoms with Crippen LogP contribution in [0.1, 0.15) is 45.6 Å². The number of alkyl halides is 3. The molecule has 0 atom stereocenters. The molecule has 0 aromatic heterocycles. The Kier molecular flexibility index (Phi) is 4.35. The molecular formula is C17H22F3N. The van der Waals surface area contributed by atoms with Gasteiger partial charge in [0.2, 0.25) is 0 Å². The van der Waals surface area contributed by atoms with Crippen molar-refractivity contribution < 1.29 is 13.2 Å². The summed E-state index contributed by atoms with van der Waals surface area (Å²) in [5.41, 5.74) is 2.72. The van der Waals surface area contributed by atoms with E-state index in [4.69, 9.17) is 0 Å². The van der Waals surface area contributed by atoms with Gasteiger partial charge in [-0.05, 0) is 55.4 Å². The summed E-state index contributed by atoms with van der Waals surface area (Å²) in [6.07, 6.45) is -0.893. The maximum atomic E-state index is 12.7. The monoisotopic (exact) mass is 297 g/mol. The maximum absolute atomic E-state index is 12.7. The van der Waals surface area contributed by atoms with E-state index in [2.05, 4.69) is 26.1 Å². The van der Waals surface area contributed by atoms with Crippen LogP contribution in [0.15, 0.2) is 35.4 Å². The van der Waals surface area contributed by atoms with Crippen molar-refractivity contribution in [3.8, 4) is 0 Å². The summed E-state index contributed by atoms with van der Waals surface area (Å²) in [5, 5.41) is 3.16. The van der Waals surface area contributed by atoms with Gasteiger partial charge in [0.25, 0.3) is 0 Å². The lowest BCUT2D eigenvalue weighted by molar-refractivity contribution is -0.137. The third-order valence-electron chi connectivity index (χ3n) is 4.34. The standard InChI is InChI=1S/C17H22F3N/c1-12-6-5-9-16(2,3)15(12)11-21-14-8-4-7-13(10-14)17(18,19)20/h4,7-8,10,21H,5-6,9,11H2,1-3H3. The van der Waals surface area contributed by atoms with E-state index in [-0.39, 0.29) is 5.41 Å². The lowest BCUT2D eigenvalue weighted by Gasteiger charge is -2.35. The first kappa shape index (κ1) is 15.9. The Morgan fingerprint density at radius 1 is 1.24 bits per heavy atom. The van der Waals surface area contributed by atoms with Crippen molar-refractivity contribution in [1.29, 1.82) is 0 Å². The van der Waals surface area contributed by atoms with Crippen LogP contribution in [0.25, 0.3) is 0 Å². The van der Waals surface area contributed by atoms with Crippen molar-refractivity contribution in [3.63, 3.8) is 0 Å². The van der Waals surface area contributed by atoms with Crippen LogP contribution in [0.2, 0.25) is 0 Å². The van der Waals surface area contributed by atoms with Crippen LogP contribution in [0.4, 0.5) is 18.9 Å². The van der Waals surface area contributed by atoms with Gasteiger partial charge in [0.1, 0.15) is 0 Å². The molecule has 1 aliphatic carbocycles. The van der Waals surface area contributed by atoms with Crippen LogP contribution in [-0.2, 0) is 6.18 Å². The summed E-state index contributed by atoms with van der Waals surface area (Å²) in [7, 11) is 0. The number of anilines is 1. The fourth-order valence-electron chi connectivity index (χ4n) is 3.06. The third-order valence-corrected chi connectivity index (χ3v) is 4.34. The average molecular weight is 297 g/mol. The van der Waals surface area contributed by atoms with E-state index in [1.165, 1.54) is 29.7 Å². The molecule has 0 aliphatic heterocycles. The summed E-state index contributed by atoms with van der Waals surface area (Å²) in [4.78, 5) is 0. The van der Waals surface area contributed by atoms with Gasteiger partial charge in [0.15, 0.2) is 0 Å². The van der Waals surface area contributed by atoms with E-state index in [1.807, 2.05) is 0 Å². The molecule has 0 radical (unpaired) electrons. The molecule has 1 N–H and O–H groups in total. The third kappa shape index (κ3) is 3.80. The molecule has 0 saturated heterocycles. The van der Waals surface area contributed by atoms with Gasteiger partial charge < -0.3 is 5.32 Å². The zero-order chi connectivity index (χ0) is 15.7. The number of halogens is 3. The zero-order valence-corrected chi connectivity index (χ0v) is 12.8. The second-order valence-electron chi connectivity index (χ2n) is 6.43. The van der Waals surface area contributed by atoms with Gasteiger partial charge in [0, 0.05) is 12.2 Å². The molecule has 0 heterocycles. The number of rotatable bonds is 3. The number of benzene rings is 1. The van der Waals surface area contributed by atoms with E-state index in [0.29, 0.717) is 12.2 Å². The molecule has 0 amide bonds.